The van der Waals surface area contributed by atoms with Gasteiger partial charge in [0.25, 0.3) is 5.91 Å². The van der Waals surface area contributed by atoms with Gasteiger partial charge in [-0.25, -0.2) is 13.1 Å². The van der Waals surface area contributed by atoms with E-state index in [9.17, 15) is 26.4 Å². The van der Waals surface area contributed by atoms with Gasteiger partial charge in [0.2, 0.25) is 10.0 Å². The van der Waals surface area contributed by atoms with Gasteiger partial charge in [0.1, 0.15) is 0 Å². The Balaban J connectivity index is 2.27. The molecular weight excluding hydrogens is 345 g/mol. The molecule has 0 atom stereocenters. The first kappa shape index (κ1) is 18.0. The summed E-state index contributed by atoms with van der Waals surface area (Å²) in [6, 6.07) is 9.31. The largest absolute Gasteiger partial charge is 0.416 e. The molecule has 0 aromatic heterocycles. The van der Waals surface area contributed by atoms with E-state index < -0.39 is 27.7 Å². The number of sulfonamides is 1. The summed E-state index contributed by atoms with van der Waals surface area (Å²) in [6.07, 6.45) is -4.53. The van der Waals surface area contributed by atoms with E-state index in [4.69, 9.17) is 0 Å². The summed E-state index contributed by atoms with van der Waals surface area (Å²) >= 11 is 0. The van der Waals surface area contributed by atoms with Gasteiger partial charge in [-0.15, -0.1) is 0 Å². The number of hydrogen-bond donors (Lipinski definition) is 2. The predicted octanol–water partition coefficient (Wildman–Crippen LogP) is 2.87. The van der Waals surface area contributed by atoms with Crippen molar-refractivity contribution in [2.24, 2.45) is 0 Å². The van der Waals surface area contributed by atoms with Crippen molar-refractivity contribution in [1.82, 2.24) is 4.72 Å². The predicted molar refractivity (Wildman–Crippen MR) is 82.1 cm³/mol. The molecule has 0 aliphatic heterocycles. The van der Waals surface area contributed by atoms with Crippen LogP contribution in [0.15, 0.2) is 53.4 Å². The van der Waals surface area contributed by atoms with E-state index in [0.29, 0.717) is 0 Å². The molecule has 0 bridgehead atoms. The first-order valence-electron chi connectivity index (χ1n) is 6.66. The van der Waals surface area contributed by atoms with E-state index >= 15 is 0 Å². The van der Waals surface area contributed by atoms with E-state index in [1.165, 1.54) is 37.4 Å². The Morgan fingerprint density at radius 2 is 1.71 bits per heavy atom. The maximum atomic E-state index is 12.7. The molecule has 0 heterocycles. The van der Waals surface area contributed by atoms with Crippen molar-refractivity contribution in [3.63, 3.8) is 0 Å². The van der Waals surface area contributed by atoms with Crippen molar-refractivity contribution >= 4 is 21.6 Å². The summed E-state index contributed by atoms with van der Waals surface area (Å²) in [5.74, 6) is -0.720. The number of alkyl halides is 3. The Morgan fingerprint density at radius 3 is 2.33 bits per heavy atom. The number of amides is 1. The van der Waals surface area contributed by atoms with Crippen molar-refractivity contribution in [3.8, 4) is 0 Å². The molecule has 0 spiro atoms. The normalized spacial score (nSPS) is 12.0. The van der Waals surface area contributed by atoms with Gasteiger partial charge in [0.15, 0.2) is 0 Å². The number of anilines is 1. The van der Waals surface area contributed by atoms with Crippen LogP contribution >= 0.6 is 0 Å². The fraction of sp³-hybridized carbons (Fsp3) is 0.133. The lowest BCUT2D eigenvalue weighted by molar-refractivity contribution is -0.137. The Bertz CT molecular complexity index is 864. The van der Waals surface area contributed by atoms with Crippen LogP contribution in [0.3, 0.4) is 0 Å². The standard InChI is InChI=1S/C15H13F3N2O3S/c1-19-24(22,23)13-7-2-4-10(8-13)14(21)20-12-6-3-5-11(9-12)15(16,17)18/h2-9,19H,1H3,(H,20,21). The van der Waals surface area contributed by atoms with Crippen molar-refractivity contribution in [2.45, 2.75) is 11.1 Å². The monoisotopic (exact) mass is 358 g/mol. The Kier molecular flexibility index (Phi) is 4.95. The van der Waals surface area contributed by atoms with Gasteiger partial charge in [0.05, 0.1) is 10.5 Å². The fourth-order valence-corrected chi connectivity index (χ4v) is 2.67. The van der Waals surface area contributed by atoms with E-state index in [1.54, 1.807) is 0 Å². The Hall–Kier alpha value is -2.39. The second-order valence-corrected chi connectivity index (χ2v) is 6.65. The van der Waals surface area contributed by atoms with Crippen LogP contribution in [0.5, 0.6) is 0 Å². The molecule has 128 valence electrons. The third-order valence-corrected chi connectivity index (χ3v) is 4.54. The minimum absolute atomic E-state index is 0.00346. The fourth-order valence-electron chi connectivity index (χ4n) is 1.90. The number of carbonyl (C=O) groups is 1. The summed E-state index contributed by atoms with van der Waals surface area (Å²) in [4.78, 5) is 12.0. The minimum atomic E-state index is -4.53. The molecule has 0 aliphatic rings. The number of halogens is 3. The number of nitrogens with one attached hydrogen (secondary N) is 2. The summed E-state index contributed by atoms with van der Waals surface area (Å²) in [6.45, 7) is 0. The van der Waals surface area contributed by atoms with Gasteiger partial charge >= 0.3 is 6.18 Å². The van der Waals surface area contributed by atoms with Crippen LogP contribution in [0, 0.1) is 0 Å². The summed E-state index contributed by atoms with van der Waals surface area (Å²) in [5.41, 5.74) is -0.938. The molecule has 0 radical (unpaired) electrons. The zero-order chi connectivity index (χ0) is 18.0. The first-order chi connectivity index (χ1) is 11.1. The minimum Gasteiger partial charge on any atom is -0.322 e. The third-order valence-electron chi connectivity index (χ3n) is 3.12. The molecule has 0 unspecified atom stereocenters. The van der Waals surface area contributed by atoms with Crippen LogP contribution in [0.1, 0.15) is 15.9 Å². The molecule has 0 fully saturated rings. The zero-order valence-corrected chi connectivity index (χ0v) is 13.2. The van der Waals surface area contributed by atoms with Gasteiger partial charge in [-0.2, -0.15) is 13.2 Å². The van der Waals surface area contributed by atoms with Crippen LogP contribution in [-0.4, -0.2) is 21.4 Å². The summed E-state index contributed by atoms with van der Waals surface area (Å²) < 4.78 is 63.6. The molecule has 0 saturated heterocycles. The van der Waals surface area contributed by atoms with Crippen LogP contribution in [0.4, 0.5) is 18.9 Å². The van der Waals surface area contributed by atoms with E-state index in [0.717, 1.165) is 18.2 Å². The third kappa shape index (κ3) is 4.12. The van der Waals surface area contributed by atoms with Gasteiger partial charge in [-0.05, 0) is 43.4 Å². The quantitative estimate of drug-likeness (QED) is 0.883. The molecule has 2 N–H and O–H groups in total. The van der Waals surface area contributed by atoms with Crippen molar-refractivity contribution in [3.05, 3.63) is 59.7 Å². The van der Waals surface area contributed by atoms with E-state index in [1.807, 2.05) is 0 Å². The SMILES string of the molecule is CNS(=O)(=O)c1cccc(C(=O)Nc2cccc(C(F)(F)F)c2)c1. The highest BCUT2D eigenvalue weighted by molar-refractivity contribution is 7.89. The van der Waals surface area contributed by atoms with Crippen molar-refractivity contribution in [1.29, 1.82) is 0 Å². The molecule has 24 heavy (non-hydrogen) atoms. The van der Waals surface area contributed by atoms with E-state index in [-0.39, 0.29) is 16.1 Å². The molecule has 0 saturated carbocycles. The van der Waals surface area contributed by atoms with Crippen LogP contribution < -0.4 is 10.0 Å². The Morgan fingerprint density at radius 1 is 1.04 bits per heavy atom. The molecular formula is C15H13F3N2O3S. The molecule has 2 rings (SSSR count). The topological polar surface area (TPSA) is 75.3 Å². The average Bonchev–Trinajstić information content (AvgIpc) is 2.54. The van der Waals surface area contributed by atoms with Gasteiger partial charge in [-0.3, -0.25) is 4.79 Å². The molecule has 2 aromatic rings. The maximum absolute atomic E-state index is 12.7. The number of benzene rings is 2. The highest BCUT2D eigenvalue weighted by Gasteiger charge is 2.30. The lowest BCUT2D eigenvalue weighted by atomic mass is 10.1. The van der Waals surface area contributed by atoms with Crippen LogP contribution in [0.2, 0.25) is 0 Å². The smallest absolute Gasteiger partial charge is 0.322 e. The van der Waals surface area contributed by atoms with Crippen molar-refractivity contribution in [2.75, 3.05) is 12.4 Å². The lowest BCUT2D eigenvalue weighted by Gasteiger charge is -2.10. The van der Waals surface area contributed by atoms with Crippen molar-refractivity contribution < 1.29 is 26.4 Å². The van der Waals surface area contributed by atoms with Gasteiger partial charge in [-0.1, -0.05) is 12.1 Å². The van der Waals surface area contributed by atoms with Crippen LogP contribution in [0.25, 0.3) is 0 Å². The number of rotatable bonds is 4. The van der Waals surface area contributed by atoms with E-state index in [2.05, 4.69) is 10.0 Å². The lowest BCUT2D eigenvalue weighted by Crippen LogP contribution is -2.19. The molecule has 9 heteroatoms. The van der Waals surface area contributed by atoms with Gasteiger partial charge in [0, 0.05) is 11.3 Å². The molecule has 1 amide bonds. The van der Waals surface area contributed by atoms with Gasteiger partial charge < -0.3 is 5.32 Å². The zero-order valence-electron chi connectivity index (χ0n) is 12.4. The average molecular weight is 358 g/mol. The second kappa shape index (κ2) is 6.62. The Labute approximate surface area is 136 Å². The number of carbonyl (C=O) groups excluding carboxylic acids is 1. The molecule has 2 aromatic carbocycles. The van der Waals surface area contributed by atoms with Crippen LogP contribution in [-0.2, 0) is 16.2 Å². The number of hydrogen-bond acceptors (Lipinski definition) is 3. The second-order valence-electron chi connectivity index (χ2n) is 4.77. The molecule has 0 aliphatic carbocycles. The highest BCUT2D eigenvalue weighted by atomic mass is 32.2. The summed E-state index contributed by atoms with van der Waals surface area (Å²) in [5, 5.41) is 2.31. The summed E-state index contributed by atoms with van der Waals surface area (Å²) in [7, 11) is -2.51. The highest BCUT2D eigenvalue weighted by Crippen LogP contribution is 2.30. The first-order valence-corrected chi connectivity index (χ1v) is 8.14. The maximum Gasteiger partial charge on any atom is 0.416 e. The molecule has 5 nitrogen and oxygen atoms in total.